The Bertz CT molecular complexity index is 465. The van der Waals surface area contributed by atoms with Crippen molar-refractivity contribution in [2.75, 3.05) is 0 Å². The lowest BCUT2D eigenvalue weighted by Gasteiger charge is -2.02. The first kappa shape index (κ1) is 12.0. The van der Waals surface area contributed by atoms with Crippen LogP contribution in [0.1, 0.15) is 44.9 Å². The van der Waals surface area contributed by atoms with Crippen molar-refractivity contribution in [1.29, 1.82) is 0 Å². The summed E-state index contributed by atoms with van der Waals surface area (Å²) in [6.07, 6.45) is 9.43. The van der Waals surface area contributed by atoms with E-state index in [1.165, 1.54) is 32.1 Å². The van der Waals surface area contributed by atoms with Crippen LogP contribution in [0.2, 0.25) is 0 Å². The molecule has 0 aliphatic rings. The maximum atomic E-state index is 4.58. The van der Waals surface area contributed by atoms with Gasteiger partial charge in [-0.05, 0) is 12.5 Å². The second-order valence-corrected chi connectivity index (χ2v) is 4.51. The fourth-order valence-corrected chi connectivity index (χ4v) is 2.02. The molecule has 0 spiro atoms. The lowest BCUT2D eigenvalue weighted by molar-refractivity contribution is 0.623. The van der Waals surface area contributed by atoms with Crippen molar-refractivity contribution in [1.82, 2.24) is 9.97 Å². The monoisotopic (exact) mass is 228 g/mol. The molecule has 0 unspecified atom stereocenters. The van der Waals surface area contributed by atoms with Crippen LogP contribution in [0.25, 0.3) is 10.9 Å². The van der Waals surface area contributed by atoms with Crippen LogP contribution in [0.5, 0.6) is 0 Å². The minimum Gasteiger partial charge on any atom is -0.241 e. The summed E-state index contributed by atoms with van der Waals surface area (Å²) in [5, 5.41) is 1.13. The minimum atomic E-state index is 0.986. The van der Waals surface area contributed by atoms with Crippen LogP contribution < -0.4 is 0 Å². The van der Waals surface area contributed by atoms with E-state index in [1.807, 2.05) is 18.3 Å². The number of hydrogen-bond acceptors (Lipinski definition) is 2. The molecule has 0 aliphatic carbocycles. The van der Waals surface area contributed by atoms with Crippen LogP contribution in [0.3, 0.4) is 0 Å². The number of nitrogens with zero attached hydrogens (tertiary/aromatic N) is 2. The second-order valence-electron chi connectivity index (χ2n) is 4.51. The third-order valence-electron chi connectivity index (χ3n) is 3.04. The first-order chi connectivity index (χ1) is 8.40. The SMILES string of the molecule is CCCCCCCc1ncc2ccccc2n1. The first-order valence-electron chi connectivity index (χ1n) is 6.61. The molecule has 1 heterocycles. The molecule has 0 amide bonds. The van der Waals surface area contributed by atoms with Crippen LogP contribution in [-0.2, 0) is 6.42 Å². The van der Waals surface area contributed by atoms with E-state index in [1.54, 1.807) is 0 Å². The quantitative estimate of drug-likeness (QED) is 0.694. The van der Waals surface area contributed by atoms with Gasteiger partial charge in [0.2, 0.25) is 0 Å². The number of benzene rings is 1. The van der Waals surface area contributed by atoms with Gasteiger partial charge < -0.3 is 0 Å². The van der Waals surface area contributed by atoms with Gasteiger partial charge in [-0.1, -0.05) is 50.8 Å². The number of hydrogen-bond donors (Lipinski definition) is 0. The molecule has 1 aromatic heterocycles. The highest BCUT2D eigenvalue weighted by Crippen LogP contribution is 2.11. The molecule has 0 atom stereocenters. The van der Waals surface area contributed by atoms with E-state index in [9.17, 15) is 0 Å². The molecule has 0 bridgehead atoms. The van der Waals surface area contributed by atoms with Gasteiger partial charge in [-0.25, -0.2) is 9.97 Å². The molecule has 0 saturated carbocycles. The number of para-hydroxylation sites is 1. The van der Waals surface area contributed by atoms with E-state index in [0.717, 1.165) is 23.1 Å². The van der Waals surface area contributed by atoms with Crippen molar-refractivity contribution < 1.29 is 0 Å². The van der Waals surface area contributed by atoms with Gasteiger partial charge >= 0.3 is 0 Å². The summed E-state index contributed by atoms with van der Waals surface area (Å²) in [5.74, 6) is 0.986. The van der Waals surface area contributed by atoms with Gasteiger partial charge in [-0.2, -0.15) is 0 Å². The topological polar surface area (TPSA) is 25.8 Å². The maximum Gasteiger partial charge on any atom is 0.128 e. The summed E-state index contributed by atoms with van der Waals surface area (Å²) in [6.45, 7) is 2.24. The van der Waals surface area contributed by atoms with Crippen LogP contribution in [-0.4, -0.2) is 9.97 Å². The third-order valence-corrected chi connectivity index (χ3v) is 3.04. The molecule has 2 aromatic rings. The van der Waals surface area contributed by atoms with E-state index in [0.29, 0.717) is 0 Å². The highest BCUT2D eigenvalue weighted by atomic mass is 14.9. The summed E-state index contributed by atoms with van der Waals surface area (Å²) in [4.78, 5) is 9.00. The van der Waals surface area contributed by atoms with Crippen LogP contribution in [0.4, 0.5) is 0 Å². The summed E-state index contributed by atoms with van der Waals surface area (Å²) >= 11 is 0. The van der Waals surface area contributed by atoms with Crippen LogP contribution in [0, 0.1) is 0 Å². The van der Waals surface area contributed by atoms with Crippen molar-refractivity contribution in [2.24, 2.45) is 0 Å². The zero-order valence-corrected chi connectivity index (χ0v) is 10.5. The van der Waals surface area contributed by atoms with Gasteiger partial charge in [0.15, 0.2) is 0 Å². The van der Waals surface area contributed by atoms with Gasteiger partial charge in [0.05, 0.1) is 5.52 Å². The number of unbranched alkanes of at least 4 members (excludes halogenated alkanes) is 4. The Morgan fingerprint density at radius 2 is 1.82 bits per heavy atom. The standard InChI is InChI=1S/C15H20N2/c1-2-3-4-5-6-11-15-16-12-13-9-7-8-10-14(13)17-15/h7-10,12H,2-6,11H2,1H3. The molecule has 17 heavy (non-hydrogen) atoms. The number of aromatic nitrogens is 2. The fraction of sp³-hybridized carbons (Fsp3) is 0.467. The van der Waals surface area contributed by atoms with Crippen molar-refractivity contribution in [3.8, 4) is 0 Å². The normalized spacial score (nSPS) is 10.9. The second kappa shape index (κ2) is 6.33. The maximum absolute atomic E-state index is 4.58. The average molecular weight is 228 g/mol. The fourth-order valence-electron chi connectivity index (χ4n) is 2.02. The molecule has 90 valence electrons. The van der Waals surface area contributed by atoms with Crippen LogP contribution >= 0.6 is 0 Å². The lowest BCUT2D eigenvalue weighted by Crippen LogP contribution is -1.95. The van der Waals surface area contributed by atoms with E-state index in [4.69, 9.17) is 0 Å². The highest BCUT2D eigenvalue weighted by molar-refractivity contribution is 5.77. The molecule has 0 N–H and O–H groups in total. The Morgan fingerprint density at radius 1 is 1.00 bits per heavy atom. The van der Waals surface area contributed by atoms with Gasteiger partial charge in [0.1, 0.15) is 5.82 Å². The number of rotatable bonds is 6. The van der Waals surface area contributed by atoms with Gasteiger partial charge in [-0.15, -0.1) is 0 Å². The molecule has 2 nitrogen and oxygen atoms in total. The van der Waals surface area contributed by atoms with E-state index in [2.05, 4.69) is 29.0 Å². The Kier molecular flexibility index (Phi) is 4.48. The van der Waals surface area contributed by atoms with Crippen molar-refractivity contribution in [2.45, 2.75) is 45.4 Å². The predicted molar refractivity (Wildman–Crippen MR) is 72.0 cm³/mol. The predicted octanol–water partition coefficient (Wildman–Crippen LogP) is 4.14. The summed E-state index contributed by atoms with van der Waals surface area (Å²) in [5.41, 5.74) is 1.06. The highest BCUT2D eigenvalue weighted by Gasteiger charge is 1.99. The molecule has 2 rings (SSSR count). The summed E-state index contributed by atoms with van der Waals surface area (Å²) in [7, 11) is 0. The molecule has 1 aromatic carbocycles. The molecule has 0 aliphatic heterocycles. The number of fused-ring (bicyclic) bond motifs is 1. The summed E-state index contributed by atoms with van der Waals surface area (Å²) in [6, 6.07) is 8.16. The zero-order chi connectivity index (χ0) is 11.9. The molecular weight excluding hydrogens is 208 g/mol. The van der Waals surface area contributed by atoms with Crippen molar-refractivity contribution >= 4 is 10.9 Å². The molecule has 0 fully saturated rings. The third kappa shape index (κ3) is 3.52. The van der Waals surface area contributed by atoms with Crippen LogP contribution in [0.15, 0.2) is 30.5 Å². The van der Waals surface area contributed by atoms with Gasteiger partial charge in [0, 0.05) is 18.0 Å². The average Bonchev–Trinajstić information content (AvgIpc) is 2.38. The lowest BCUT2D eigenvalue weighted by atomic mass is 10.1. The Balaban J connectivity index is 1.90. The molecule has 0 saturated heterocycles. The minimum absolute atomic E-state index is 0.986. The van der Waals surface area contributed by atoms with E-state index in [-0.39, 0.29) is 0 Å². The zero-order valence-electron chi connectivity index (χ0n) is 10.5. The van der Waals surface area contributed by atoms with Crippen molar-refractivity contribution in [3.63, 3.8) is 0 Å². The largest absolute Gasteiger partial charge is 0.241 e. The van der Waals surface area contributed by atoms with Gasteiger partial charge in [-0.3, -0.25) is 0 Å². The molecule has 2 heteroatoms. The Morgan fingerprint density at radius 3 is 2.71 bits per heavy atom. The first-order valence-corrected chi connectivity index (χ1v) is 6.61. The van der Waals surface area contributed by atoms with Crippen molar-refractivity contribution in [3.05, 3.63) is 36.3 Å². The number of aryl methyl sites for hydroxylation is 1. The Labute approximate surface area is 103 Å². The molecular formula is C15H20N2. The molecule has 0 radical (unpaired) electrons. The van der Waals surface area contributed by atoms with E-state index >= 15 is 0 Å². The van der Waals surface area contributed by atoms with E-state index < -0.39 is 0 Å². The Hall–Kier alpha value is -1.44. The smallest absolute Gasteiger partial charge is 0.128 e. The summed E-state index contributed by atoms with van der Waals surface area (Å²) < 4.78 is 0. The van der Waals surface area contributed by atoms with Gasteiger partial charge in [0.25, 0.3) is 0 Å².